The van der Waals surface area contributed by atoms with Crippen molar-refractivity contribution in [1.29, 1.82) is 5.26 Å². The molecular formula is C12H12ClN3O2. The quantitative estimate of drug-likeness (QED) is 0.606. The predicted molar refractivity (Wildman–Crippen MR) is 68.7 cm³/mol. The largest absolute Gasteiger partial charge is 0.362 e. The van der Waals surface area contributed by atoms with Gasteiger partial charge in [0.1, 0.15) is 5.69 Å². The van der Waals surface area contributed by atoms with Crippen LogP contribution in [0.2, 0.25) is 5.02 Å². The van der Waals surface area contributed by atoms with Gasteiger partial charge in [-0.2, -0.15) is 5.26 Å². The molecule has 1 fully saturated rings. The Morgan fingerprint density at radius 3 is 2.83 bits per heavy atom. The third-order valence-corrected chi connectivity index (χ3v) is 3.13. The van der Waals surface area contributed by atoms with Crippen molar-refractivity contribution in [3.63, 3.8) is 0 Å². The first-order valence-electron chi connectivity index (χ1n) is 5.71. The molecule has 2 rings (SSSR count). The van der Waals surface area contributed by atoms with Crippen LogP contribution in [0.25, 0.3) is 0 Å². The van der Waals surface area contributed by atoms with Crippen LogP contribution in [0.3, 0.4) is 0 Å². The van der Waals surface area contributed by atoms with Crippen LogP contribution in [-0.4, -0.2) is 17.5 Å². The molecule has 0 aromatic heterocycles. The fourth-order valence-electron chi connectivity index (χ4n) is 1.94. The molecule has 18 heavy (non-hydrogen) atoms. The molecule has 0 saturated heterocycles. The number of nitriles is 1. The summed E-state index contributed by atoms with van der Waals surface area (Å²) in [7, 11) is 0. The minimum Gasteiger partial charge on any atom is -0.362 e. The highest BCUT2D eigenvalue weighted by atomic mass is 35.5. The molecule has 0 aliphatic heterocycles. The smallest absolute Gasteiger partial charge is 0.292 e. The van der Waals surface area contributed by atoms with Crippen LogP contribution in [0.5, 0.6) is 0 Å². The van der Waals surface area contributed by atoms with Crippen LogP contribution in [0.1, 0.15) is 19.3 Å². The Bertz CT molecular complexity index is 509. The van der Waals surface area contributed by atoms with Crippen LogP contribution < -0.4 is 4.90 Å². The molecular weight excluding hydrogens is 254 g/mol. The third kappa shape index (κ3) is 2.71. The van der Waals surface area contributed by atoms with E-state index in [1.165, 1.54) is 12.1 Å². The fourth-order valence-corrected chi connectivity index (χ4v) is 2.10. The number of hydrogen-bond donors (Lipinski definition) is 0. The van der Waals surface area contributed by atoms with Crippen molar-refractivity contribution >= 4 is 23.0 Å². The molecule has 1 saturated carbocycles. The number of nitro groups is 1. The zero-order valence-corrected chi connectivity index (χ0v) is 10.4. The summed E-state index contributed by atoms with van der Waals surface area (Å²) in [5.74, 6) is 0. The molecule has 1 aliphatic carbocycles. The van der Waals surface area contributed by atoms with Crippen molar-refractivity contribution in [3.8, 4) is 6.07 Å². The molecule has 94 valence electrons. The molecule has 0 bridgehead atoms. The fraction of sp³-hybridized carbons (Fsp3) is 0.417. The van der Waals surface area contributed by atoms with Gasteiger partial charge in [0.15, 0.2) is 0 Å². The summed E-state index contributed by atoms with van der Waals surface area (Å²) < 4.78 is 0. The number of anilines is 1. The van der Waals surface area contributed by atoms with Gasteiger partial charge in [0.25, 0.3) is 5.69 Å². The van der Waals surface area contributed by atoms with Crippen LogP contribution in [-0.2, 0) is 0 Å². The van der Waals surface area contributed by atoms with E-state index in [0.29, 0.717) is 29.7 Å². The highest BCUT2D eigenvalue weighted by Crippen LogP contribution is 2.38. The molecule has 0 amide bonds. The number of hydrogen-bond acceptors (Lipinski definition) is 4. The van der Waals surface area contributed by atoms with E-state index in [0.717, 1.165) is 12.8 Å². The average molecular weight is 266 g/mol. The minimum absolute atomic E-state index is 0.0456. The predicted octanol–water partition coefficient (Wildman–Crippen LogP) is 3.13. The molecule has 0 N–H and O–H groups in total. The second-order valence-corrected chi connectivity index (χ2v) is 4.66. The van der Waals surface area contributed by atoms with Gasteiger partial charge in [0.2, 0.25) is 0 Å². The Morgan fingerprint density at radius 2 is 2.28 bits per heavy atom. The standard InChI is InChI=1S/C12H12ClN3O2/c13-9-2-5-11(16(17)18)12(8-9)15(7-1-6-14)10-3-4-10/h2,5,8,10H,1,3-4,7H2. The third-order valence-electron chi connectivity index (χ3n) is 2.90. The van der Waals surface area contributed by atoms with Gasteiger partial charge in [0.05, 0.1) is 17.4 Å². The van der Waals surface area contributed by atoms with Gasteiger partial charge in [-0.05, 0) is 25.0 Å². The van der Waals surface area contributed by atoms with Gasteiger partial charge in [-0.3, -0.25) is 10.1 Å². The van der Waals surface area contributed by atoms with Crippen molar-refractivity contribution in [2.24, 2.45) is 0 Å². The lowest BCUT2D eigenvalue weighted by atomic mass is 10.2. The van der Waals surface area contributed by atoms with Gasteiger partial charge >= 0.3 is 0 Å². The highest BCUT2D eigenvalue weighted by molar-refractivity contribution is 6.31. The van der Waals surface area contributed by atoms with Gasteiger partial charge in [0, 0.05) is 23.7 Å². The Hall–Kier alpha value is -1.80. The van der Waals surface area contributed by atoms with E-state index in [4.69, 9.17) is 16.9 Å². The molecule has 1 aromatic carbocycles. The summed E-state index contributed by atoms with van der Waals surface area (Å²) in [6, 6.07) is 6.91. The van der Waals surface area contributed by atoms with E-state index < -0.39 is 4.92 Å². The minimum atomic E-state index is -0.409. The Balaban J connectivity index is 2.36. The Labute approximate surface area is 110 Å². The number of nitro benzene ring substituents is 1. The number of benzene rings is 1. The number of halogens is 1. The van der Waals surface area contributed by atoms with Crippen molar-refractivity contribution in [3.05, 3.63) is 33.3 Å². The first kappa shape index (κ1) is 12.7. The number of rotatable bonds is 5. The molecule has 0 atom stereocenters. The van der Waals surface area contributed by atoms with E-state index in [9.17, 15) is 10.1 Å². The molecule has 0 spiro atoms. The summed E-state index contributed by atoms with van der Waals surface area (Å²) in [4.78, 5) is 12.5. The first-order chi connectivity index (χ1) is 8.63. The summed E-state index contributed by atoms with van der Waals surface area (Å²) >= 11 is 5.91. The van der Waals surface area contributed by atoms with E-state index in [2.05, 4.69) is 6.07 Å². The van der Waals surface area contributed by atoms with E-state index in [1.807, 2.05) is 4.90 Å². The Kier molecular flexibility index (Phi) is 3.68. The zero-order chi connectivity index (χ0) is 13.1. The summed E-state index contributed by atoms with van der Waals surface area (Å²) in [6.07, 6.45) is 2.37. The second-order valence-electron chi connectivity index (χ2n) is 4.22. The van der Waals surface area contributed by atoms with Crippen molar-refractivity contribution < 1.29 is 4.92 Å². The summed E-state index contributed by atoms with van der Waals surface area (Å²) in [5.41, 5.74) is 0.564. The van der Waals surface area contributed by atoms with E-state index in [1.54, 1.807) is 6.07 Å². The maximum atomic E-state index is 11.0. The zero-order valence-electron chi connectivity index (χ0n) is 9.67. The highest BCUT2D eigenvalue weighted by Gasteiger charge is 2.32. The van der Waals surface area contributed by atoms with Crippen LogP contribution in [0, 0.1) is 21.4 Å². The first-order valence-corrected chi connectivity index (χ1v) is 6.09. The molecule has 0 heterocycles. The van der Waals surface area contributed by atoms with Gasteiger partial charge in [-0.1, -0.05) is 11.6 Å². The topological polar surface area (TPSA) is 70.2 Å². The van der Waals surface area contributed by atoms with Crippen molar-refractivity contribution in [2.45, 2.75) is 25.3 Å². The average Bonchev–Trinajstić information content (AvgIpc) is 3.13. The van der Waals surface area contributed by atoms with Crippen molar-refractivity contribution in [2.75, 3.05) is 11.4 Å². The van der Waals surface area contributed by atoms with Crippen LogP contribution >= 0.6 is 11.6 Å². The lowest BCUT2D eigenvalue weighted by molar-refractivity contribution is -0.384. The maximum absolute atomic E-state index is 11.0. The second kappa shape index (κ2) is 5.23. The van der Waals surface area contributed by atoms with Gasteiger partial charge in [-0.15, -0.1) is 0 Å². The lowest BCUT2D eigenvalue weighted by Crippen LogP contribution is -2.27. The lowest BCUT2D eigenvalue weighted by Gasteiger charge is -2.23. The summed E-state index contributed by atoms with van der Waals surface area (Å²) in [5, 5.41) is 20.2. The molecule has 6 heteroatoms. The molecule has 0 unspecified atom stereocenters. The molecule has 1 aliphatic rings. The van der Waals surface area contributed by atoms with E-state index in [-0.39, 0.29) is 5.69 Å². The molecule has 5 nitrogen and oxygen atoms in total. The molecule has 0 radical (unpaired) electrons. The SMILES string of the molecule is N#CCCN(c1cc(Cl)ccc1[N+](=O)[O-])C1CC1. The Morgan fingerprint density at radius 1 is 1.56 bits per heavy atom. The van der Waals surface area contributed by atoms with Crippen LogP contribution in [0.15, 0.2) is 18.2 Å². The van der Waals surface area contributed by atoms with Crippen LogP contribution in [0.4, 0.5) is 11.4 Å². The number of nitrogens with zero attached hydrogens (tertiary/aromatic N) is 3. The van der Waals surface area contributed by atoms with Crippen molar-refractivity contribution in [1.82, 2.24) is 0 Å². The summed E-state index contributed by atoms with van der Waals surface area (Å²) in [6.45, 7) is 0.502. The monoisotopic (exact) mass is 265 g/mol. The normalized spacial score (nSPS) is 14.0. The van der Waals surface area contributed by atoms with Gasteiger partial charge < -0.3 is 4.90 Å². The molecule has 1 aromatic rings. The van der Waals surface area contributed by atoms with Gasteiger partial charge in [-0.25, -0.2) is 0 Å². The maximum Gasteiger partial charge on any atom is 0.292 e. The van der Waals surface area contributed by atoms with E-state index >= 15 is 0 Å².